The third-order valence-electron chi connectivity index (χ3n) is 4.28. The molecule has 0 unspecified atom stereocenters. The molecule has 1 aromatic carbocycles. The normalized spacial score (nSPS) is 11.8. The molecule has 23 heavy (non-hydrogen) atoms. The number of aryl methyl sites for hydroxylation is 2. The number of hydrogen-bond acceptors (Lipinski definition) is 3. The minimum atomic E-state index is 0.0243. The molecule has 1 aromatic heterocycles. The summed E-state index contributed by atoms with van der Waals surface area (Å²) in [6, 6.07) is 2.04. The molecule has 0 bridgehead atoms. The predicted molar refractivity (Wildman–Crippen MR) is 93.8 cm³/mol. The number of benzene rings is 1. The van der Waals surface area contributed by atoms with Crippen molar-refractivity contribution in [1.29, 1.82) is 0 Å². The molecule has 1 heterocycles. The van der Waals surface area contributed by atoms with Crippen LogP contribution in [0.4, 0.5) is 0 Å². The summed E-state index contributed by atoms with van der Waals surface area (Å²) >= 11 is 0. The molecule has 4 heteroatoms. The Balaban J connectivity index is 2.57. The van der Waals surface area contributed by atoms with Gasteiger partial charge in [-0.25, -0.2) is 0 Å². The molecule has 0 aliphatic carbocycles. The molecule has 0 radical (unpaired) electrons. The zero-order valence-electron chi connectivity index (χ0n) is 14.8. The van der Waals surface area contributed by atoms with Gasteiger partial charge in [-0.2, -0.15) is 0 Å². The number of hydrogen-bond donors (Lipinski definition) is 0. The maximum Gasteiger partial charge on any atom is 0.246 e. The number of rotatable bonds is 5. The van der Waals surface area contributed by atoms with Crippen molar-refractivity contribution in [3.63, 3.8) is 0 Å². The van der Waals surface area contributed by atoms with Gasteiger partial charge in [-0.15, -0.1) is 0 Å². The van der Waals surface area contributed by atoms with Gasteiger partial charge in [-0.05, 0) is 51.8 Å². The number of furan rings is 1. The van der Waals surface area contributed by atoms with E-state index >= 15 is 0 Å². The van der Waals surface area contributed by atoms with Gasteiger partial charge in [0.05, 0.1) is 13.4 Å². The highest BCUT2D eigenvalue weighted by atomic mass is 16.5. The minimum Gasteiger partial charge on any atom is -0.496 e. The number of carbonyl (C=O) groups is 1. The molecular formula is C19H25NO3. The summed E-state index contributed by atoms with van der Waals surface area (Å²) in [5.74, 6) is 0.782. The maximum absolute atomic E-state index is 12.3. The number of amides is 1. The Hall–Kier alpha value is -2.23. The van der Waals surface area contributed by atoms with Crippen molar-refractivity contribution in [1.82, 2.24) is 4.90 Å². The molecule has 0 aliphatic rings. The molecule has 4 nitrogen and oxygen atoms in total. The number of carbonyl (C=O) groups excluding carboxylic acids is 1. The highest BCUT2D eigenvalue weighted by molar-refractivity contribution is 5.98. The zero-order chi connectivity index (χ0) is 17.1. The van der Waals surface area contributed by atoms with Gasteiger partial charge in [0.1, 0.15) is 11.3 Å². The number of methoxy groups -OCH3 is 1. The first-order valence-corrected chi connectivity index (χ1v) is 7.97. The van der Waals surface area contributed by atoms with Gasteiger partial charge in [0, 0.05) is 35.7 Å². The molecule has 1 amide bonds. The van der Waals surface area contributed by atoms with Crippen molar-refractivity contribution in [3.05, 3.63) is 35.1 Å². The van der Waals surface area contributed by atoms with Gasteiger partial charge in [-0.1, -0.05) is 0 Å². The van der Waals surface area contributed by atoms with Crippen molar-refractivity contribution in [2.75, 3.05) is 20.2 Å². The lowest BCUT2D eigenvalue weighted by Crippen LogP contribution is -2.28. The van der Waals surface area contributed by atoms with Gasteiger partial charge < -0.3 is 14.1 Å². The smallest absolute Gasteiger partial charge is 0.246 e. The first kappa shape index (κ1) is 17.1. The highest BCUT2D eigenvalue weighted by Crippen LogP contribution is 2.37. The molecular weight excluding hydrogens is 290 g/mol. The molecule has 124 valence electrons. The van der Waals surface area contributed by atoms with E-state index in [2.05, 4.69) is 0 Å². The molecule has 0 fully saturated rings. The van der Waals surface area contributed by atoms with Crippen LogP contribution in [-0.2, 0) is 4.79 Å². The number of fused-ring (bicyclic) bond motifs is 1. The van der Waals surface area contributed by atoms with E-state index in [1.54, 1.807) is 24.3 Å². The van der Waals surface area contributed by atoms with Crippen LogP contribution in [0.15, 0.2) is 22.8 Å². The van der Waals surface area contributed by atoms with Crippen LogP contribution in [0.5, 0.6) is 5.75 Å². The van der Waals surface area contributed by atoms with E-state index in [1.165, 1.54) is 0 Å². The summed E-state index contributed by atoms with van der Waals surface area (Å²) in [6.45, 7) is 11.3. The Morgan fingerprint density at radius 2 is 1.96 bits per heavy atom. The number of nitrogens with zero attached hydrogens (tertiary/aromatic N) is 1. The van der Waals surface area contributed by atoms with Crippen LogP contribution in [0.25, 0.3) is 16.5 Å². The van der Waals surface area contributed by atoms with Crippen LogP contribution in [0, 0.1) is 13.8 Å². The summed E-state index contributed by atoms with van der Waals surface area (Å²) in [4.78, 5) is 14.1. The van der Waals surface area contributed by atoms with Crippen LogP contribution in [0.2, 0.25) is 0 Å². The van der Waals surface area contributed by atoms with E-state index < -0.39 is 0 Å². The van der Waals surface area contributed by atoms with E-state index in [0.717, 1.165) is 39.0 Å². The lowest BCUT2D eigenvalue weighted by atomic mass is 9.98. The van der Waals surface area contributed by atoms with E-state index in [1.807, 2.05) is 40.7 Å². The SMILES string of the molecule is CCN(CC)C(=O)/C=C(\C)c1cc2c(C)coc2c(C)c1OC. The standard InChI is InChI=1S/C19H25NO3/c1-7-20(8-2)17(21)9-12(3)15-10-16-13(4)11-23-19(16)14(5)18(15)22-6/h9-11H,7-8H2,1-6H3/b12-9+. The molecule has 0 saturated heterocycles. The van der Waals surface area contributed by atoms with Crippen molar-refractivity contribution in [2.24, 2.45) is 0 Å². The third kappa shape index (κ3) is 3.11. The summed E-state index contributed by atoms with van der Waals surface area (Å²) in [6.07, 6.45) is 3.44. The second-order valence-corrected chi connectivity index (χ2v) is 5.72. The number of ether oxygens (including phenoxy) is 1. The summed E-state index contributed by atoms with van der Waals surface area (Å²) < 4.78 is 11.2. The summed E-state index contributed by atoms with van der Waals surface area (Å²) in [5, 5.41) is 1.06. The second-order valence-electron chi connectivity index (χ2n) is 5.72. The monoisotopic (exact) mass is 315 g/mol. The lowest BCUT2D eigenvalue weighted by Gasteiger charge is -2.18. The number of allylic oxidation sites excluding steroid dienone is 1. The van der Waals surface area contributed by atoms with Crippen molar-refractivity contribution < 1.29 is 13.9 Å². The topological polar surface area (TPSA) is 42.7 Å². The lowest BCUT2D eigenvalue weighted by molar-refractivity contribution is -0.125. The van der Waals surface area contributed by atoms with Gasteiger partial charge >= 0.3 is 0 Å². The van der Waals surface area contributed by atoms with Crippen LogP contribution >= 0.6 is 0 Å². The molecule has 2 aromatic rings. The van der Waals surface area contributed by atoms with Crippen LogP contribution in [-0.4, -0.2) is 31.0 Å². The van der Waals surface area contributed by atoms with Crippen molar-refractivity contribution in [2.45, 2.75) is 34.6 Å². The van der Waals surface area contributed by atoms with E-state index in [0.29, 0.717) is 13.1 Å². The quantitative estimate of drug-likeness (QED) is 0.771. The van der Waals surface area contributed by atoms with Crippen molar-refractivity contribution >= 4 is 22.4 Å². The largest absolute Gasteiger partial charge is 0.496 e. The maximum atomic E-state index is 12.3. The molecule has 0 saturated carbocycles. The Labute approximate surface area is 137 Å². The van der Waals surface area contributed by atoms with Gasteiger partial charge in [0.25, 0.3) is 0 Å². The van der Waals surface area contributed by atoms with Crippen LogP contribution in [0.1, 0.15) is 37.5 Å². The Morgan fingerprint density at radius 3 is 2.52 bits per heavy atom. The zero-order valence-corrected chi connectivity index (χ0v) is 14.8. The summed E-state index contributed by atoms with van der Waals surface area (Å²) in [5.41, 5.74) is 4.70. The van der Waals surface area contributed by atoms with Gasteiger partial charge in [0.2, 0.25) is 5.91 Å². The minimum absolute atomic E-state index is 0.0243. The van der Waals surface area contributed by atoms with Crippen LogP contribution in [0.3, 0.4) is 0 Å². The van der Waals surface area contributed by atoms with Gasteiger partial charge in [-0.3, -0.25) is 4.79 Å². The fourth-order valence-electron chi connectivity index (χ4n) is 2.88. The summed E-state index contributed by atoms with van der Waals surface area (Å²) in [7, 11) is 1.65. The van der Waals surface area contributed by atoms with E-state index in [9.17, 15) is 4.79 Å². The van der Waals surface area contributed by atoms with Crippen molar-refractivity contribution in [3.8, 4) is 5.75 Å². The third-order valence-corrected chi connectivity index (χ3v) is 4.28. The fourth-order valence-corrected chi connectivity index (χ4v) is 2.88. The molecule has 0 N–H and O–H groups in total. The molecule has 2 rings (SSSR count). The van der Waals surface area contributed by atoms with Gasteiger partial charge in [0.15, 0.2) is 0 Å². The molecule has 0 spiro atoms. The highest BCUT2D eigenvalue weighted by Gasteiger charge is 2.17. The predicted octanol–water partition coefficient (Wildman–Crippen LogP) is 4.33. The Kier molecular flexibility index (Phi) is 5.14. The Morgan fingerprint density at radius 1 is 1.30 bits per heavy atom. The molecule has 0 atom stereocenters. The average molecular weight is 315 g/mol. The molecule has 0 aliphatic heterocycles. The van der Waals surface area contributed by atoms with E-state index in [-0.39, 0.29) is 5.91 Å². The fraction of sp³-hybridized carbons (Fsp3) is 0.421. The first-order valence-electron chi connectivity index (χ1n) is 7.97. The second kappa shape index (κ2) is 6.90. The van der Waals surface area contributed by atoms with Crippen LogP contribution < -0.4 is 4.74 Å². The van der Waals surface area contributed by atoms with E-state index in [4.69, 9.17) is 9.15 Å². The first-order chi connectivity index (χ1) is 10.9. The number of likely N-dealkylation sites (N-methyl/N-ethyl adjacent to an activating group) is 1. The average Bonchev–Trinajstić information content (AvgIpc) is 2.90. The Bertz CT molecular complexity index is 752.